The lowest BCUT2D eigenvalue weighted by Gasteiger charge is -2.61. The van der Waals surface area contributed by atoms with Crippen LogP contribution >= 0.6 is 0 Å². The van der Waals surface area contributed by atoms with Crippen molar-refractivity contribution in [1.82, 2.24) is 4.90 Å². The van der Waals surface area contributed by atoms with Gasteiger partial charge >= 0.3 is 24.1 Å². The predicted octanol–water partition coefficient (Wildman–Crippen LogP) is 3.50. The minimum atomic E-state index is -1.75. The number of carbonyl (C=O) groups is 4. The summed E-state index contributed by atoms with van der Waals surface area (Å²) in [5.74, 6) is -1.69. The monoisotopic (exact) mass is 659 g/mol. The molecule has 1 aromatic rings. The third-order valence-corrected chi connectivity index (χ3v) is 9.06. The third-order valence-electron chi connectivity index (χ3n) is 9.06. The van der Waals surface area contributed by atoms with E-state index in [-0.39, 0.29) is 18.2 Å². The van der Waals surface area contributed by atoms with Crippen LogP contribution in [0.1, 0.15) is 78.9 Å². The highest BCUT2D eigenvalue weighted by molar-refractivity contribution is 5.86. The molecule has 6 atom stereocenters. The molecule has 1 saturated heterocycles. The molecule has 1 aromatic carbocycles. The number of methoxy groups -OCH3 is 1. The van der Waals surface area contributed by atoms with Gasteiger partial charge in [-0.25, -0.2) is 14.4 Å². The van der Waals surface area contributed by atoms with Crippen LogP contribution in [0.15, 0.2) is 24.0 Å². The summed E-state index contributed by atoms with van der Waals surface area (Å²) < 4.78 is 38.9. The summed E-state index contributed by atoms with van der Waals surface area (Å²) in [5.41, 5.74) is -1.98. The van der Waals surface area contributed by atoms with E-state index in [0.717, 1.165) is 11.1 Å². The zero-order chi connectivity index (χ0) is 34.7. The van der Waals surface area contributed by atoms with E-state index in [2.05, 4.69) is 4.90 Å². The van der Waals surface area contributed by atoms with Gasteiger partial charge in [-0.2, -0.15) is 0 Å². The molecule has 1 spiro atoms. The minimum absolute atomic E-state index is 0.186. The fraction of sp³-hybridized carbons (Fsp3) is 0.647. The van der Waals surface area contributed by atoms with Crippen LogP contribution in [0.2, 0.25) is 0 Å². The van der Waals surface area contributed by atoms with E-state index >= 15 is 0 Å². The molecule has 2 heterocycles. The van der Waals surface area contributed by atoms with Crippen molar-refractivity contribution in [2.45, 2.75) is 121 Å². The van der Waals surface area contributed by atoms with E-state index in [9.17, 15) is 24.3 Å². The molecule has 258 valence electrons. The molecule has 0 amide bonds. The van der Waals surface area contributed by atoms with Crippen molar-refractivity contribution in [1.29, 1.82) is 0 Å². The van der Waals surface area contributed by atoms with Gasteiger partial charge in [-0.3, -0.25) is 4.79 Å². The number of ether oxygens (including phenoxy) is 7. The number of carbonyl (C=O) groups excluding carboxylic acids is 4. The Hall–Kier alpha value is -3.84. The number of benzene rings is 1. The fourth-order valence-electron chi connectivity index (χ4n) is 7.18. The second kappa shape index (κ2) is 12.0. The smallest absolute Gasteiger partial charge is 0.493 e. The maximum absolute atomic E-state index is 13.4. The highest BCUT2D eigenvalue weighted by Crippen LogP contribution is 2.65. The molecule has 1 fully saturated rings. The summed E-state index contributed by atoms with van der Waals surface area (Å²) in [5, 5.41) is 12.4. The molecule has 1 N–H and O–H groups in total. The Morgan fingerprint density at radius 1 is 1.04 bits per heavy atom. The highest BCUT2D eigenvalue weighted by atomic mass is 16.7. The molecule has 2 aliphatic heterocycles. The Kier molecular flexibility index (Phi) is 8.80. The van der Waals surface area contributed by atoms with E-state index in [1.54, 1.807) is 54.7 Å². The fourth-order valence-corrected chi connectivity index (χ4v) is 7.18. The summed E-state index contributed by atoms with van der Waals surface area (Å²) in [6.45, 7) is 11.8. The first-order chi connectivity index (χ1) is 21.8. The molecule has 0 radical (unpaired) electrons. The highest BCUT2D eigenvalue weighted by Gasteiger charge is 2.72. The molecule has 2 aliphatic carbocycles. The average molecular weight is 660 g/mol. The molecule has 5 rings (SSSR count). The summed E-state index contributed by atoms with van der Waals surface area (Å²) in [6, 6.07) is 3.65. The van der Waals surface area contributed by atoms with Crippen LogP contribution in [0.4, 0.5) is 4.79 Å². The Morgan fingerprint density at radius 3 is 2.36 bits per heavy atom. The van der Waals surface area contributed by atoms with Gasteiger partial charge in [0.25, 0.3) is 0 Å². The van der Waals surface area contributed by atoms with Gasteiger partial charge in [0.2, 0.25) is 6.10 Å². The number of hydrogen-bond acceptors (Lipinski definition) is 13. The number of likely N-dealkylation sites (N-methyl/N-ethyl adjacent to an activating group) is 1. The molecule has 0 aromatic heterocycles. The van der Waals surface area contributed by atoms with E-state index in [1.807, 2.05) is 19.2 Å². The van der Waals surface area contributed by atoms with Gasteiger partial charge < -0.3 is 43.2 Å². The van der Waals surface area contributed by atoms with Crippen molar-refractivity contribution in [3.8, 4) is 11.5 Å². The van der Waals surface area contributed by atoms with Gasteiger partial charge in [-0.1, -0.05) is 6.07 Å². The third kappa shape index (κ3) is 6.27. The van der Waals surface area contributed by atoms with Crippen molar-refractivity contribution < 1.29 is 57.4 Å². The van der Waals surface area contributed by atoms with E-state index in [0.29, 0.717) is 30.9 Å². The Labute approximate surface area is 274 Å². The van der Waals surface area contributed by atoms with Crippen LogP contribution in [0, 0.1) is 0 Å². The summed E-state index contributed by atoms with van der Waals surface area (Å²) in [4.78, 5) is 53.7. The number of piperidine rings is 1. The number of rotatable bonds is 8. The first kappa shape index (κ1) is 34.5. The van der Waals surface area contributed by atoms with Crippen LogP contribution in [0.5, 0.6) is 11.5 Å². The minimum Gasteiger partial charge on any atom is -0.493 e. The topological polar surface area (TPSA) is 156 Å². The first-order valence-electron chi connectivity index (χ1n) is 15.8. The maximum Gasteiger partial charge on any atom is 0.509 e. The SMILES string of the molecule is COc1ccc2c3c1O[C@H]1C(OC(=O)[C@H](C)OC(=O)[C@H](CC(=O)OC(C)(C)C)OC(=O)OC(C)(C)C)=CC[C@@]4(O)[C@H](C2)N(C)CC[C@]314. The number of likely N-dealkylation sites (tertiary alicyclic amines) is 1. The molecule has 13 nitrogen and oxygen atoms in total. The van der Waals surface area contributed by atoms with Crippen LogP contribution in [-0.4, -0.2) is 95.9 Å². The lowest BCUT2D eigenvalue weighted by atomic mass is 9.50. The van der Waals surface area contributed by atoms with Crippen LogP contribution in [0.3, 0.4) is 0 Å². The molecule has 13 heteroatoms. The zero-order valence-electron chi connectivity index (χ0n) is 28.5. The Morgan fingerprint density at radius 2 is 1.72 bits per heavy atom. The lowest BCUT2D eigenvalue weighted by molar-refractivity contribution is -0.180. The lowest BCUT2D eigenvalue weighted by Crippen LogP contribution is -2.74. The maximum atomic E-state index is 13.4. The molecular formula is C34H45NO12. The normalized spacial score (nSPS) is 27.2. The second-order valence-electron chi connectivity index (χ2n) is 14.6. The number of hydrogen-bond donors (Lipinski definition) is 1. The average Bonchev–Trinajstić information content (AvgIpc) is 3.30. The van der Waals surface area contributed by atoms with Gasteiger partial charge in [0.05, 0.1) is 24.5 Å². The van der Waals surface area contributed by atoms with Crippen molar-refractivity contribution in [2.75, 3.05) is 20.7 Å². The molecule has 4 aliphatic rings. The number of aliphatic hydroxyl groups is 1. The molecule has 0 unspecified atom stereocenters. The van der Waals surface area contributed by atoms with Gasteiger partial charge in [-0.05, 0) is 92.6 Å². The van der Waals surface area contributed by atoms with Crippen molar-refractivity contribution in [3.05, 3.63) is 35.1 Å². The molecule has 2 bridgehead atoms. The van der Waals surface area contributed by atoms with Crippen LogP contribution in [-0.2, 0) is 49.9 Å². The Balaban J connectivity index is 1.35. The van der Waals surface area contributed by atoms with Crippen molar-refractivity contribution in [2.24, 2.45) is 0 Å². The van der Waals surface area contributed by atoms with Gasteiger partial charge in [0, 0.05) is 18.0 Å². The van der Waals surface area contributed by atoms with Gasteiger partial charge in [0.1, 0.15) is 17.0 Å². The summed E-state index contributed by atoms with van der Waals surface area (Å²) in [6.07, 6.45) is -2.91. The molecular weight excluding hydrogens is 614 g/mol. The van der Waals surface area contributed by atoms with E-state index in [4.69, 9.17) is 33.2 Å². The molecule has 47 heavy (non-hydrogen) atoms. The van der Waals surface area contributed by atoms with E-state index in [1.165, 1.54) is 6.92 Å². The standard InChI is InChI=1S/C34H45NO12/c1-18(42-29(38)22(17-24(36)46-31(2,3)4)44-30(39)47-32(5,6)7)28(37)43-21-12-13-34(40)23-16-19-10-11-20(41-9)26-25(19)33(34,27(21)45-26)14-15-35(23)8/h10-12,18,22-23,27,40H,13-17H2,1-9H3/t18-,22-,23-,27-,33-,34+/m0/s1. The van der Waals surface area contributed by atoms with Crippen LogP contribution < -0.4 is 9.47 Å². The summed E-state index contributed by atoms with van der Waals surface area (Å²) in [7, 11) is 3.54. The first-order valence-corrected chi connectivity index (χ1v) is 15.8. The van der Waals surface area contributed by atoms with Gasteiger partial charge in [0.15, 0.2) is 23.7 Å². The largest absolute Gasteiger partial charge is 0.509 e. The number of esters is 3. The van der Waals surface area contributed by atoms with Crippen LogP contribution in [0.25, 0.3) is 0 Å². The quantitative estimate of drug-likeness (QED) is 0.320. The predicted molar refractivity (Wildman–Crippen MR) is 165 cm³/mol. The van der Waals surface area contributed by atoms with E-state index < -0.39 is 71.0 Å². The van der Waals surface area contributed by atoms with Crippen molar-refractivity contribution >= 4 is 24.1 Å². The molecule has 0 saturated carbocycles. The zero-order valence-corrected chi connectivity index (χ0v) is 28.5. The van der Waals surface area contributed by atoms with Gasteiger partial charge in [-0.15, -0.1) is 0 Å². The Bertz CT molecular complexity index is 1460. The second-order valence-corrected chi connectivity index (χ2v) is 14.6. The van der Waals surface area contributed by atoms with Crippen molar-refractivity contribution in [3.63, 3.8) is 0 Å². The summed E-state index contributed by atoms with van der Waals surface area (Å²) >= 11 is 0. The number of nitrogens with zero attached hydrogens (tertiary/aromatic N) is 1.